The van der Waals surface area contributed by atoms with Crippen LogP contribution in [0.15, 0.2) is 30.3 Å². The van der Waals surface area contributed by atoms with Crippen molar-refractivity contribution in [1.82, 2.24) is 10.3 Å². The van der Waals surface area contributed by atoms with E-state index in [9.17, 15) is 0 Å². The maximum absolute atomic E-state index is 4.98. The van der Waals surface area contributed by atoms with E-state index in [0.29, 0.717) is 11.8 Å². The number of nitrogens with zero attached hydrogens (tertiary/aromatic N) is 1. The maximum Gasteiger partial charge on any atom is 0.123 e. The summed E-state index contributed by atoms with van der Waals surface area (Å²) < 4.78 is 0. The summed E-state index contributed by atoms with van der Waals surface area (Å²) in [6.45, 7) is 6.69. The zero-order valence-electron chi connectivity index (χ0n) is 12.9. The van der Waals surface area contributed by atoms with Crippen molar-refractivity contribution in [2.45, 2.75) is 39.0 Å². The standard InChI is InChI=1S/C18H24N2S/c1-13(2)11-19-12-15-9-6-10-16-17(15)20-18(21-16)14-7-4-3-5-8-14/h3-5,7-8,13,15,19H,6,9-12H2,1-2H3. The topological polar surface area (TPSA) is 24.9 Å². The molecule has 3 heteroatoms. The van der Waals surface area contributed by atoms with Gasteiger partial charge in [0.2, 0.25) is 0 Å². The highest BCUT2D eigenvalue weighted by molar-refractivity contribution is 7.15. The van der Waals surface area contributed by atoms with Gasteiger partial charge in [-0.15, -0.1) is 11.3 Å². The van der Waals surface area contributed by atoms with E-state index in [1.165, 1.54) is 40.4 Å². The van der Waals surface area contributed by atoms with Crippen molar-refractivity contribution >= 4 is 11.3 Å². The van der Waals surface area contributed by atoms with Gasteiger partial charge in [-0.2, -0.15) is 0 Å². The lowest BCUT2D eigenvalue weighted by Crippen LogP contribution is -2.27. The molecule has 0 spiro atoms. The number of aromatic nitrogens is 1. The van der Waals surface area contributed by atoms with Crippen molar-refractivity contribution in [2.24, 2.45) is 5.92 Å². The summed E-state index contributed by atoms with van der Waals surface area (Å²) in [5, 5.41) is 4.80. The Morgan fingerprint density at radius 3 is 2.86 bits per heavy atom. The number of nitrogens with one attached hydrogen (secondary N) is 1. The van der Waals surface area contributed by atoms with Crippen LogP contribution in [-0.2, 0) is 6.42 Å². The minimum Gasteiger partial charge on any atom is -0.316 e. The molecule has 0 amide bonds. The molecule has 1 aromatic heterocycles. The minimum atomic E-state index is 0.598. The number of fused-ring (bicyclic) bond motifs is 1. The third-order valence-electron chi connectivity index (χ3n) is 4.03. The molecular weight excluding hydrogens is 276 g/mol. The van der Waals surface area contributed by atoms with Crippen LogP contribution in [0.25, 0.3) is 10.6 Å². The molecule has 2 nitrogen and oxygen atoms in total. The Morgan fingerprint density at radius 2 is 2.10 bits per heavy atom. The predicted molar refractivity (Wildman–Crippen MR) is 90.9 cm³/mol. The van der Waals surface area contributed by atoms with Crippen molar-refractivity contribution in [3.63, 3.8) is 0 Å². The average Bonchev–Trinajstić information content (AvgIpc) is 2.93. The van der Waals surface area contributed by atoms with Gasteiger partial charge in [0.25, 0.3) is 0 Å². The van der Waals surface area contributed by atoms with Gasteiger partial charge in [0.1, 0.15) is 5.01 Å². The third-order valence-corrected chi connectivity index (χ3v) is 5.21. The first-order valence-corrected chi connectivity index (χ1v) is 8.81. The number of aryl methyl sites for hydroxylation is 1. The fraction of sp³-hybridized carbons (Fsp3) is 0.500. The molecule has 0 bridgehead atoms. The lowest BCUT2D eigenvalue weighted by molar-refractivity contribution is 0.473. The SMILES string of the molecule is CC(C)CNCC1CCCc2sc(-c3ccccc3)nc21. The molecule has 3 rings (SSSR count). The second-order valence-electron chi connectivity index (χ2n) is 6.33. The van der Waals surface area contributed by atoms with E-state index < -0.39 is 0 Å². The first-order chi connectivity index (χ1) is 10.2. The number of hydrogen-bond donors (Lipinski definition) is 1. The van der Waals surface area contributed by atoms with Gasteiger partial charge in [0.05, 0.1) is 5.69 Å². The van der Waals surface area contributed by atoms with Crippen molar-refractivity contribution < 1.29 is 0 Å². The van der Waals surface area contributed by atoms with E-state index in [1.807, 2.05) is 11.3 Å². The molecule has 1 unspecified atom stereocenters. The quantitative estimate of drug-likeness (QED) is 0.881. The molecule has 0 radical (unpaired) electrons. The highest BCUT2D eigenvalue weighted by Gasteiger charge is 2.24. The second kappa shape index (κ2) is 6.71. The molecule has 1 N–H and O–H groups in total. The number of benzene rings is 1. The Bertz CT molecular complexity index is 574. The summed E-state index contributed by atoms with van der Waals surface area (Å²) in [6, 6.07) is 10.6. The summed E-state index contributed by atoms with van der Waals surface area (Å²) in [5.74, 6) is 1.31. The second-order valence-corrected chi connectivity index (χ2v) is 7.42. The summed E-state index contributed by atoms with van der Waals surface area (Å²) in [4.78, 5) is 6.49. The van der Waals surface area contributed by atoms with Crippen LogP contribution in [0.3, 0.4) is 0 Å². The van der Waals surface area contributed by atoms with Gasteiger partial charge in [-0.25, -0.2) is 4.98 Å². The molecule has 1 aliphatic rings. The Morgan fingerprint density at radius 1 is 1.29 bits per heavy atom. The van der Waals surface area contributed by atoms with Crippen LogP contribution in [0, 0.1) is 5.92 Å². The number of thiazole rings is 1. The molecule has 1 heterocycles. The number of hydrogen-bond acceptors (Lipinski definition) is 3. The molecule has 2 aromatic rings. The van der Waals surface area contributed by atoms with Crippen LogP contribution in [-0.4, -0.2) is 18.1 Å². The molecule has 0 saturated heterocycles. The summed E-state index contributed by atoms with van der Waals surface area (Å²) in [7, 11) is 0. The van der Waals surface area contributed by atoms with Crippen LogP contribution >= 0.6 is 11.3 Å². The Balaban J connectivity index is 1.77. The summed E-state index contributed by atoms with van der Waals surface area (Å²) in [5.41, 5.74) is 2.62. The molecule has 0 fully saturated rings. The Hall–Kier alpha value is -1.19. The van der Waals surface area contributed by atoms with Crippen LogP contribution in [0.5, 0.6) is 0 Å². The van der Waals surface area contributed by atoms with E-state index in [2.05, 4.69) is 49.5 Å². The van der Waals surface area contributed by atoms with E-state index in [4.69, 9.17) is 4.98 Å². The van der Waals surface area contributed by atoms with Crippen LogP contribution in [0.4, 0.5) is 0 Å². The molecule has 1 aromatic carbocycles. The van der Waals surface area contributed by atoms with Crippen LogP contribution < -0.4 is 5.32 Å². The van der Waals surface area contributed by atoms with Crippen LogP contribution in [0.1, 0.15) is 43.2 Å². The van der Waals surface area contributed by atoms with Crippen molar-refractivity contribution in [3.05, 3.63) is 40.9 Å². The lowest BCUT2D eigenvalue weighted by Gasteiger charge is -2.22. The molecule has 0 saturated carbocycles. The molecule has 1 atom stereocenters. The zero-order valence-corrected chi connectivity index (χ0v) is 13.7. The van der Waals surface area contributed by atoms with Gasteiger partial charge >= 0.3 is 0 Å². The fourth-order valence-electron chi connectivity index (χ4n) is 2.96. The van der Waals surface area contributed by atoms with Crippen molar-refractivity contribution in [2.75, 3.05) is 13.1 Å². The highest BCUT2D eigenvalue weighted by Crippen LogP contribution is 2.37. The van der Waals surface area contributed by atoms with Gasteiger partial charge in [-0.1, -0.05) is 44.2 Å². The molecular formula is C18H24N2S. The minimum absolute atomic E-state index is 0.598. The van der Waals surface area contributed by atoms with Crippen molar-refractivity contribution in [3.8, 4) is 10.6 Å². The molecule has 21 heavy (non-hydrogen) atoms. The normalized spacial score (nSPS) is 18.0. The molecule has 112 valence electrons. The largest absolute Gasteiger partial charge is 0.316 e. The lowest BCUT2D eigenvalue weighted by atomic mass is 9.91. The Kier molecular flexibility index (Phi) is 4.71. The van der Waals surface area contributed by atoms with Crippen molar-refractivity contribution in [1.29, 1.82) is 0 Å². The van der Waals surface area contributed by atoms with E-state index >= 15 is 0 Å². The first-order valence-electron chi connectivity index (χ1n) is 7.99. The fourth-order valence-corrected chi connectivity index (χ4v) is 4.15. The summed E-state index contributed by atoms with van der Waals surface area (Å²) >= 11 is 1.89. The van der Waals surface area contributed by atoms with Gasteiger partial charge in [0.15, 0.2) is 0 Å². The average molecular weight is 300 g/mol. The zero-order chi connectivity index (χ0) is 14.7. The summed E-state index contributed by atoms with van der Waals surface area (Å²) in [6.07, 6.45) is 3.79. The van der Waals surface area contributed by atoms with Gasteiger partial charge in [-0.05, 0) is 31.7 Å². The predicted octanol–water partition coefficient (Wildman–Crippen LogP) is 4.48. The maximum atomic E-state index is 4.98. The molecule has 0 aliphatic heterocycles. The Labute approximate surface area is 131 Å². The highest BCUT2D eigenvalue weighted by atomic mass is 32.1. The van der Waals surface area contributed by atoms with Gasteiger partial charge in [0, 0.05) is 22.9 Å². The van der Waals surface area contributed by atoms with E-state index in [-0.39, 0.29) is 0 Å². The monoisotopic (exact) mass is 300 g/mol. The number of rotatable bonds is 5. The molecule has 1 aliphatic carbocycles. The van der Waals surface area contributed by atoms with E-state index in [1.54, 1.807) is 0 Å². The third kappa shape index (κ3) is 3.53. The first kappa shape index (κ1) is 14.7. The van der Waals surface area contributed by atoms with E-state index in [0.717, 1.165) is 13.1 Å². The van der Waals surface area contributed by atoms with Crippen LogP contribution in [0.2, 0.25) is 0 Å². The smallest absolute Gasteiger partial charge is 0.123 e. The van der Waals surface area contributed by atoms with Gasteiger partial charge in [-0.3, -0.25) is 0 Å². The van der Waals surface area contributed by atoms with Gasteiger partial charge < -0.3 is 5.32 Å².